The summed E-state index contributed by atoms with van der Waals surface area (Å²) in [6, 6.07) is -4.17. The molecule has 0 aromatic carbocycles. The highest BCUT2D eigenvalue weighted by Gasteiger charge is 2.37. The van der Waals surface area contributed by atoms with Crippen molar-refractivity contribution in [1.82, 2.24) is 25.5 Å². The summed E-state index contributed by atoms with van der Waals surface area (Å²) < 4.78 is 0. The van der Waals surface area contributed by atoms with E-state index in [2.05, 4.69) is 20.6 Å². The van der Waals surface area contributed by atoms with Crippen molar-refractivity contribution in [1.29, 1.82) is 0 Å². The fourth-order valence-corrected chi connectivity index (χ4v) is 3.92. The lowest BCUT2D eigenvalue weighted by Crippen LogP contribution is -2.57. The van der Waals surface area contributed by atoms with Crippen LogP contribution in [0.4, 0.5) is 0 Å². The molecule has 178 valence electrons. The highest BCUT2D eigenvalue weighted by atomic mass is 32.2. The van der Waals surface area contributed by atoms with Gasteiger partial charge in [-0.25, -0.2) is 9.78 Å². The molecule has 3 amide bonds. The molecule has 1 aromatic rings. The number of rotatable bonds is 12. The van der Waals surface area contributed by atoms with E-state index in [4.69, 9.17) is 5.73 Å². The number of aliphatic carboxylic acids is 1. The van der Waals surface area contributed by atoms with E-state index in [1.54, 1.807) is 11.8 Å². The molecule has 4 unspecified atom stereocenters. The number of nitrogens with two attached hydrogens (primary N) is 1. The molecule has 0 spiro atoms. The van der Waals surface area contributed by atoms with Gasteiger partial charge in [-0.1, -0.05) is 0 Å². The van der Waals surface area contributed by atoms with Gasteiger partial charge in [0, 0.05) is 24.9 Å². The predicted molar refractivity (Wildman–Crippen MR) is 117 cm³/mol. The summed E-state index contributed by atoms with van der Waals surface area (Å²) >= 11 is 1.57. The second kappa shape index (κ2) is 12.4. The van der Waals surface area contributed by atoms with Crippen LogP contribution in [-0.4, -0.2) is 98.1 Å². The number of nitrogens with zero attached hydrogens (tertiary/aromatic N) is 2. The molecule has 0 bridgehead atoms. The third-order valence-electron chi connectivity index (χ3n) is 5.20. The normalized spacial score (nSPS) is 18.6. The number of aromatic nitrogens is 2. The average Bonchev–Trinajstić information content (AvgIpc) is 3.46. The molecular formula is C19H30N6O6S. The summed E-state index contributed by atoms with van der Waals surface area (Å²) in [5.74, 6) is -2.33. The fourth-order valence-electron chi connectivity index (χ4n) is 3.43. The number of amides is 3. The van der Waals surface area contributed by atoms with Crippen molar-refractivity contribution in [2.75, 3.05) is 25.2 Å². The van der Waals surface area contributed by atoms with Crippen LogP contribution >= 0.6 is 11.8 Å². The molecule has 4 atom stereocenters. The van der Waals surface area contributed by atoms with Crippen LogP contribution in [0.5, 0.6) is 0 Å². The zero-order valence-electron chi connectivity index (χ0n) is 17.8. The lowest BCUT2D eigenvalue weighted by Gasteiger charge is -2.28. The Bertz CT molecular complexity index is 791. The first-order chi connectivity index (χ1) is 15.3. The van der Waals surface area contributed by atoms with Gasteiger partial charge in [0.05, 0.1) is 19.0 Å². The monoisotopic (exact) mass is 470 g/mol. The van der Waals surface area contributed by atoms with Crippen LogP contribution in [0.25, 0.3) is 0 Å². The van der Waals surface area contributed by atoms with Crippen LogP contribution in [0, 0.1) is 0 Å². The van der Waals surface area contributed by atoms with Gasteiger partial charge in [-0.3, -0.25) is 14.4 Å². The van der Waals surface area contributed by atoms with Crippen LogP contribution in [0.3, 0.4) is 0 Å². The summed E-state index contributed by atoms with van der Waals surface area (Å²) in [6.45, 7) is -0.354. The maximum Gasteiger partial charge on any atom is 0.326 e. The molecule has 1 fully saturated rings. The summed E-state index contributed by atoms with van der Waals surface area (Å²) in [5, 5.41) is 23.7. The molecule has 0 aliphatic carbocycles. The lowest BCUT2D eigenvalue weighted by molar-refractivity contribution is -0.143. The van der Waals surface area contributed by atoms with Crippen LogP contribution in [-0.2, 0) is 25.6 Å². The molecule has 12 nitrogen and oxygen atoms in total. The van der Waals surface area contributed by atoms with Crippen LogP contribution in [0.15, 0.2) is 12.5 Å². The molecule has 0 saturated carbocycles. The maximum absolute atomic E-state index is 12.8. The Kier molecular flexibility index (Phi) is 9.94. The predicted octanol–water partition coefficient (Wildman–Crippen LogP) is -1.93. The van der Waals surface area contributed by atoms with E-state index >= 15 is 0 Å². The first-order valence-corrected chi connectivity index (χ1v) is 11.6. The zero-order chi connectivity index (χ0) is 23.7. The average molecular weight is 471 g/mol. The van der Waals surface area contributed by atoms with E-state index in [1.807, 2.05) is 6.26 Å². The SMILES string of the molecule is CSCCC(N)C(=O)N1CCCC1C(=O)NC(CO)C(=O)NC(Cc1cnc[nH]1)C(=O)O. The summed E-state index contributed by atoms with van der Waals surface area (Å²) in [4.78, 5) is 57.4. The number of aliphatic hydroxyl groups excluding tert-OH is 1. The van der Waals surface area contributed by atoms with Crippen LogP contribution < -0.4 is 16.4 Å². The van der Waals surface area contributed by atoms with Gasteiger partial charge < -0.3 is 36.5 Å². The minimum Gasteiger partial charge on any atom is -0.480 e. The van der Waals surface area contributed by atoms with Gasteiger partial charge in [-0.2, -0.15) is 11.8 Å². The van der Waals surface area contributed by atoms with E-state index in [-0.39, 0.29) is 12.3 Å². The van der Waals surface area contributed by atoms with E-state index in [0.29, 0.717) is 37.3 Å². The van der Waals surface area contributed by atoms with Gasteiger partial charge in [0.25, 0.3) is 0 Å². The molecule has 2 rings (SSSR count). The quantitative estimate of drug-likeness (QED) is 0.202. The summed E-state index contributed by atoms with van der Waals surface area (Å²) in [7, 11) is 0. The number of thioether (sulfide) groups is 1. The third kappa shape index (κ3) is 6.93. The fraction of sp³-hybridized carbons (Fsp3) is 0.632. The molecule has 32 heavy (non-hydrogen) atoms. The van der Waals surface area contributed by atoms with Crippen LogP contribution in [0.2, 0.25) is 0 Å². The number of nitrogens with one attached hydrogen (secondary N) is 3. The van der Waals surface area contributed by atoms with Gasteiger partial charge >= 0.3 is 5.97 Å². The Balaban J connectivity index is 1.98. The third-order valence-corrected chi connectivity index (χ3v) is 5.84. The Morgan fingerprint density at radius 1 is 1.34 bits per heavy atom. The van der Waals surface area contributed by atoms with E-state index in [9.17, 15) is 29.4 Å². The molecule has 1 aliphatic rings. The van der Waals surface area contributed by atoms with Crippen molar-refractivity contribution in [2.45, 2.75) is 49.9 Å². The number of aromatic amines is 1. The summed E-state index contributed by atoms with van der Waals surface area (Å²) in [6.07, 6.45) is 6.18. The molecule has 7 N–H and O–H groups in total. The van der Waals surface area contributed by atoms with E-state index in [1.165, 1.54) is 17.4 Å². The molecule has 1 aromatic heterocycles. The number of aliphatic hydroxyl groups is 1. The highest BCUT2D eigenvalue weighted by Crippen LogP contribution is 2.19. The maximum atomic E-state index is 12.8. The largest absolute Gasteiger partial charge is 0.480 e. The lowest BCUT2D eigenvalue weighted by atomic mass is 10.1. The standard InChI is InChI=1S/C19H30N6O6S/c1-32-6-4-12(20)18(29)25-5-2-3-15(25)17(28)24-14(9-26)16(27)23-13(19(30)31)7-11-8-21-10-22-11/h8,10,12-15,26H,2-7,9,20H2,1H3,(H,21,22)(H,23,27)(H,24,28)(H,30,31). The van der Waals surface area contributed by atoms with Crippen molar-refractivity contribution < 1.29 is 29.4 Å². The van der Waals surface area contributed by atoms with Gasteiger partial charge in [-0.15, -0.1) is 0 Å². The second-order valence-electron chi connectivity index (χ2n) is 7.50. The topological polar surface area (TPSA) is 191 Å². The molecule has 13 heteroatoms. The van der Waals surface area contributed by atoms with Crippen molar-refractivity contribution in [3.8, 4) is 0 Å². The van der Waals surface area contributed by atoms with Crippen molar-refractivity contribution in [3.05, 3.63) is 18.2 Å². The minimum atomic E-state index is -1.37. The number of carboxylic acid groups (broad SMARTS) is 1. The molecule has 0 radical (unpaired) electrons. The van der Waals surface area contributed by atoms with Gasteiger partial charge in [0.1, 0.15) is 18.1 Å². The zero-order valence-corrected chi connectivity index (χ0v) is 18.6. The number of hydrogen-bond acceptors (Lipinski definition) is 8. The molecule has 2 heterocycles. The Morgan fingerprint density at radius 3 is 2.69 bits per heavy atom. The van der Waals surface area contributed by atoms with Gasteiger partial charge in [0.2, 0.25) is 17.7 Å². The number of carbonyl (C=O) groups excluding carboxylic acids is 3. The summed E-state index contributed by atoms with van der Waals surface area (Å²) in [5.41, 5.74) is 6.46. The number of likely N-dealkylation sites (tertiary alicyclic amines) is 1. The number of H-pyrrole nitrogens is 1. The minimum absolute atomic E-state index is 0.0496. The van der Waals surface area contributed by atoms with E-state index in [0.717, 1.165) is 0 Å². The number of carboxylic acids is 1. The number of hydrogen-bond donors (Lipinski definition) is 6. The van der Waals surface area contributed by atoms with Crippen molar-refractivity contribution >= 4 is 35.5 Å². The highest BCUT2D eigenvalue weighted by molar-refractivity contribution is 7.98. The smallest absolute Gasteiger partial charge is 0.326 e. The van der Waals surface area contributed by atoms with Crippen molar-refractivity contribution in [3.63, 3.8) is 0 Å². The molecule has 1 saturated heterocycles. The van der Waals surface area contributed by atoms with E-state index < -0.39 is 48.6 Å². The first kappa shape index (κ1) is 25.6. The van der Waals surface area contributed by atoms with Crippen LogP contribution in [0.1, 0.15) is 25.0 Å². The molecular weight excluding hydrogens is 440 g/mol. The Morgan fingerprint density at radius 2 is 2.09 bits per heavy atom. The first-order valence-electron chi connectivity index (χ1n) is 10.2. The number of imidazole rings is 1. The second-order valence-corrected chi connectivity index (χ2v) is 8.49. The number of carbonyl (C=O) groups is 4. The Labute approximate surface area is 189 Å². The molecule has 1 aliphatic heterocycles. The van der Waals surface area contributed by atoms with Gasteiger partial charge in [-0.05, 0) is 31.3 Å². The van der Waals surface area contributed by atoms with Crippen molar-refractivity contribution in [2.24, 2.45) is 5.73 Å². The Hall–Kier alpha value is -2.64. The van der Waals surface area contributed by atoms with Gasteiger partial charge in [0.15, 0.2) is 0 Å².